The standard InChI is InChI=1S/C16H21N3O2/c1-4-14(12-8-6-5-7-9-12)17-11-13-10-15(20)19(3)16(21)18(13)2/h5-10,14,17H,4,11H2,1-3H3. The molecule has 2 aromatic rings. The van der Waals surface area contributed by atoms with Gasteiger partial charge in [0.25, 0.3) is 5.56 Å². The van der Waals surface area contributed by atoms with Crippen LogP contribution in [0.3, 0.4) is 0 Å². The second kappa shape index (κ2) is 6.54. The van der Waals surface area contributed by atoms with E-state index in [2.05, 4.69) is 24.4 Å². The first kappa shape index (κ1) is 15.3. The van der Waals surface area contributed by atoms with Crippen LogP contribution >= 0.6 is 0 Å². The fraction of sp³-hybridized carbons (Fsp3) is 0.375. The molecule has 0 saturated carbocycles. The highest BCUT2D eigenvalue weighted by Crippen LogP contribution is 2.16. The number of nitrogens with zero attached hydrogens (tertiary/aromatic N) is 2. The van der Waals surface area contributed by atoms with Crippen molar-refractivity contribution in [1.82, 2.24) is 14.5 Å². The summed E-state index contributed by atoms with van der Waals surface area (Å²) in [6, 6.07) is 11.9. The van der Waals surface area contributed by atoms with Gasteiger partial charge in [0.15, 0.2) is 0 Å². The maximum Gasteiger partial charge on any atom is 0.330 e. The Morgan fingerprint density at radius 1 is 1.10 bits per heavy atom. The zero-order valence-corrected chi connectivity index (χ0v) is 12.7. The van der Waals surface area contributed by atoms with E-state index in [4.69, 9.17) is 0 Å². The van der Waals surface area contributed by atoms with Gasteiger partial charge in [0.2, 0.25) is 0 Å². The predicted molar refractivity (Wildman–Crippen MR) is 83.2 cm³/mol. The van der Waals surface area contributed by atoms with E-state index in [-0.39, 0.29) is 17.3 Å². The number of benzene rings is 1. The highest BCUT2D eigenvalue weighted by atomic mass is 16.2. The lowest BCUT2D eigenvalue weighted by atomic mass is 10.0. The summed E-state index contributed by atoms with van der Waals surface area (Å²) in [6.07, 6.45) is 0.933. The van der Waals surface area contributed by atoms with Crippen LogP contribution in [0.15, 0.2) is 46.0 Å². The van der Waals surface area contributed by atoms with E-state index in [0.29, 0.717) is 12.2 Å². The number of nitrogens with one attached hydrogen (secondary N) is 1. The summed E-state index contributed by atoms with van der Waals surface area (Å²) in [4.78, 5) is 23.6. The molecule has 1 unspecified atom stereocenters. The molecule has 1 aromatic carbocycles. The minimum absolute atomic E-state index is 0.199. The Bertz CT molecular complexity index is 717. The minimum Gasteiger partial charge on any atom is -0.304 e. The topological polar surface area (TPSA) is 56.0 Å². The molecule has 0 spiro atoms. The summed E-state index contributed by atoms with van der Waals surface area (Å²) in [5.74, 6) is 0. The molecule has 5 heteroatoms. The molecule has 2 rings (SSSR count). The van der Waals surface area contributed by atoms with Crippen LogP contribution in [-0.4, -0.2) is 9.13 Å². The quantitative estimate of drug-likeness (QED) is 0.902. The van der Waals surface area contributed by atoms with Gasteiger partial charge in [-0.3, -0.25) is 13.9 Å². The van der Waals surface area contributed by atoms with Crippen molar-refractivity contribution in [2.45, 2.75) is 25.9 Å². The third-order valence-corrected chi connectivity index (χ3v) is 3.77. The Kier molecular flexibility index (Phi) is 4.75. The van der Waals surface area contributed by atoms with Crippen LogP contribution in [0.1, 0.15) is 30.6 Å². The highest BCUT2D eigenvalue weighted by molar-refractivity contribution is 5.19. The molecule has 0 aliphatic rings. The molecule has 112 valence electrons. The summed E-state index contributed by atoms with van der Waals surface area (Å²) >= 11 is 0. The molecule has 0 amide bonds. The Balaban J connectivity index is 2.20. The Morgan fingerprint density at radius 2 is 1.76 bits per heavy atom. The summed E-state index contributed by atoms with van der Waals surface area (Å²) in [5, 5.41) is 3.41. The van der Waals surface area contributed by atoms with E-state index >= 15 is 0 Å². The van der Waals surface area contributed by atoms with Gasteiger partial charge in [-0.2, -0.15) is 0 Å². The lowest BCUT2D eigenvalue weighted by Crippen LogP contribution is -2.39. The van der Waals surface area contributed by atoms with Gasteiger partial charge in [-0.1, -0.05) is 37.3 Å². The van der Waals surface area contributed by atoms with Crippen LogP contribution in [-0.2, 0) is 20.6 Å². The molecule has 1 aromatic heterocycles. The molecule has 0 fully saturated rings. The second-order valence-electron chi connectivity index (χ2n) is 5.13. The molecule has 0 aliphatic carbocycles. The molecule has 1 heterocycles. The number of hydrogen-bond donors (Lipinski definition) is 1. The zero-order chi connectivity index (χ0) is 15.4. The van der Waals surface area contributed by atoms with Crippen molar-refractivity contribution in [3.8, 4) is 0 Å². The van der Waals surface area contributed by atoms with Crippen LogP contribution in [0.25, 0.3) is 0 Å². The Morgan fingerprint density at radius 3 is 2.38 bits per heavy atom. The first-order valence-corrected chi connectivity index (χ1v) is 7.08. The SMILES string of the molecule is CCC(NCc1cc(=O)n(C)c(=O)n1C)c1ccccc1. The third-order valence-electron chi connectivity index (χ3n) is 3.77. The van der Waals surface area contributed by atoms with E-state index in [0.717, 1.165) is 11.0 Å². The van der Waals surface area contributed by atoms with Crippen molar-refractivity contribution in [3.05, 3.63) is 68.5 Å². The van der Waals surface area contributed by atoms with Gasteiger partial charge >= 0.3 is 5.69 Å². The average molecular weight is 287 g/mol. The van der Waals surface area contributed by atoms with E-state index in [1.807, 2.05) is 18.2 Å². The lowest BCUT2D eigenvalue weighted by Gasteiger charge is -2.18. The van der Waals surface area contributed by atoms with Crippen molar-refractivity contribution in [3.63, 3.8) is 0 Å². The summed E-state index contributed by atoms with van der Waals surface area (Å²) in [5.41, 5.74) is 1.32. The van der Waals surface area contributed by atoms with Gasteiger partial charge in [-0.05, 0) is 12.0 Å². The van der Waals surface area contributed by atoms with Crippen molar-refractivity contribution in [2.24, 2.45) is 14.1 Å². The van der Waals surface area contributed by atoms with Gasteiger partial charge in [0.05, 0.1) is 0 Å². The van der Waals surface area contributed by atoms with Gasteiger partial charge in [0, 0.05) is 38.4 Å². The maximum atomic E-state index is 11.9. The van der Waals surface area contributed by atoms with Crippen molar-refractivity contribution >= 4 is 0 Å². The normalized spacial score (nSPS) is 12.3. The molecule has 0 aliphatic heterocycles. The molecule has 0 saturated heterocycles. The lowest BCUT2D eigenvalue weighted by molar-refractivity contribution is 0.499. The molecule has 0 radical (unpaired) electrons. The minimum atomic E-state index is -0.299. The summed E-state index contributed by atoms with van der Waals surface area (Å²) < 4.78 is 2.62. The summed E-state index contributed by atoms with van der Waals surface area (Å²) in [6.45, 7) is 2.59. The van der Waals surface area contributed by atoms with E-state index in [1.165, 1.54) is 23.2 Å². The monoisotopic (exact) mass is 287 g/mol. The third kappa shape index (κ3) is 3.31. The van der Waals surface area contributed by atoms with Crippen molar-refractivity contribution in [1.29, 1.82) is 0 Å². The number of rotatable bonds is 5. The van der Waals surface area contributed by atoms with Crippen LogP contribution in [0, 0.1) is 0 Å². The number of hydrogen-bond acceptors (Lipinski definition) is 3. The van der Waals surface area contributed by atoms with Gasteiger partial charge in [0.1, 0.15) is 0 Å². The molecule has 21 heavy (non-hydrogen) atoms. The second-order valence-corrected chi connectivity index (χ2v) is 5.13. The Labute approximate surface area is 123 Å². The van der Waals surface area contributed by atoms with Gasteiger partial charge in [-0.25, -0.2) is 4.79 Å². The van der Waals surface area contributed by atoms with E-state index in [9.17, 15) is 9.59 Å². The predicted octanol–water partition coefficient (Wildman–Crippen LogP) is 1.32. The molecule has 1 atom stereocenters. The van der Waals surface area contributed by atoms with Gasteiger partial charge < -0.3 is 5.32 Å². The fourth-order valence-electron chi connectivity index (χ4n) is 2.36. The average Bonchev–Trinajstić information content (AvgIpc) is 2.51. The Hall–Kier alpha value is -2.14. The fourth-order valence-corrected chi connectivity index (χ4v) is 2.36. The van der Waals surface area contributed by atoms with Gasteiger partial charge in [-0.15, -0.1) is 0 Å². The summed E-state index contributed by atoms with van der Waals surface area (Å²) in [7, 11) is 3.17. The van der Waals surface area contributed by atoms with E-state index < -0.39 is 0 Å². The first-order chi connectivity index (χ1) is 10.0. The molecule has 1 N–H and O–H groups in total. The molecular formula is C16H21N3O2. The molecule has 0 bridgehead atoms. The number of aromatic nitrogens is 2. The van der Waals surface area contributed by atoms with Crippen LogP contribution in [0.4, 0.5) is 0 Å². The van der Waals surface area contributed by atoms with E-state index in [1.54, 1.807) is 7.05 Å². The van der Waals surface area contributed by atoms with Crippen molar-refractivity contribution < 1.29 is 0 Å². The molecule has 5 nitrogen and oxygen atoms in total. The maximum absolute atomic E-state index is 11.9. The first-order valence-electron chi connectivity index (χ1n) is 7.08. The molecular weight excluding hydrogens is 266 g/mol. The van der Waals surface area contributed by atoms with Crippen LogP contribution < -0.4 is 16.6 Å². The smallest absolute Gasteiger partial charge is 0.304 e. The zero-order valence-electron chi connectivity index (χ0n) is 12.7. The van der Waals surface area contributed by atoms with Crippen LogP contribution in [0.2, 0.25) is 0 Å². The highest BCUT2D eigenvalue weighted by Gasteiger charge is 2.10. The largest absolute Gasteiger partial charge is 0.330 e. The van der Waals surface area contributed by atoms with Crippen LogP contribution in [0.5, 0.6) is 0 Å². The van der Waals surface area contributed by atoms with Crippen molar-refractivity contribution in [2.75, 3.05) is 0 Å².